The number of nitrogens with one attached hydrogen (secondary N) is 1. The van der Waals surface area contributed by atoms with Gasteiger partial charge in [0.2, 0.25) is 11.8 Å². The molecule has 0 aromatic heterocycles. The van der Waals surface area contributed by atoms with Crippen LogP contribution in [-0.2, 0) is 9.59 Å². The highest BCUT2D eigenvalue weighted by atomic mass is 19.3. The number of piperidine rings is 1. The highest BCUT2D eigenvalue weighted by molar-refractivity contribution is 5.94. The van der Waals surface area contributed by atoms with E-state index < -0.39 is 12.5 Å². The Morgan fingerprint density at radius 3 is 2.60 bits per heavy atom. The molecule has 1 heterocycles. The fourth-order valence-corrected chi connectivity index (χ4v) is 3.35. The van der Waals surface area contributed by atoms with E-state index in [4.69, 9.17) is 4.74 Å². The Labute approximate surface area is 173 Å². The molecule has 1 saturated heterocycles. The molecule has 0 radical (unpaired) electrons. The molecule has 1 N–H and O–H groups in total. The van der Waals surface area contributed by atoms with E-state index in [-0.39, 0.29) is 42.8 Å². The highest BCUT2D eigenvalue weighted by Crippen LogP contribution is 2.27. The lowest BCUT2D eigenvalue weighted by molar-refractivity contribution is -0.135. The normalized spacial score (nSPS) is 16.2. The third-order valence-corrected chi connectivity index (χ3v) is 4.83. The molecule has 0 saturated carbocycles. The predicted molar refractivity (Wildman–Crippen MR) is 108 cm³/mol. The first-order chi connectivity index (χ1) is 14.5. The van der Waals surface area contributed by atoms with E-state index in [1.54, 1.807) is 17.0 Å². The summed E-state index contributed by atoms with van der Waals surface area (Å²) >= 11 is 0. The number of anilines is 1. The first-order valence-corrected chi connectivity index (χ1v) is 9.83. The largest absolute Gasteiger partial charge is 0.493 e. The molecular weight excluding hydrogens is 394 g/mol. The summed E-state index contributed by atoms with van der Waals surface area (Å²) in [5, 5.41) is 2.65. The number of rotatable bonds is 8. The Hall–Kier alpha value is -3.16. The van der Waals surface area contributed by atoms with E-state index in [9.17, 15) is 18.4 Å². The molecule has 3 rings (SSSR count). The van der Waals surface area contributed by atoms with Gasteiger partial charge in [0.1, 0.15) is 11.5 Å². The summed E-state index contributed by atoms with van der Waals surface area (Å²) in [6.45, 7) is -1.86. The molecule has 1 atom stereocenters. The van der Waals surface area contributed by atoms with Gasteiger partial charge in [-0.3, -0.25) is 9.59 Å². The minimum absolute atomic E-state index is 0.0788. The number of amides is 2. The summed E-state index contributed by atoms with van der Waals surface area (Å²) < 4.78 is 35.1. The number of ether oxygens (including phenoxy) is 2. The summed E-state index contributed by atoms with van der Waals surface area (Å²) in [5.41, 5.74) is 0.183. The Balaban J connectivity index is 1.51. The molecule has 6 nitrogen and oxygen atoms in total. The quantitative estimate of drug-likeness (QED) is 0.705. The van der Waals surface area contributed by atoms with Gasteiger partial charge >= 0.3 is 6.61 Å². The number of para-hydroxylation sites is 3. The van der Waals surface area contributed by atoms with Gasteiger partial charge in [0.05, 0.1) is 24.6 Å². The molecule has 0 bridgehead atoms. The average Bonchev–Trinajstić information content (AvgIpc) is 2.75. The van der Waals surface area contributed by atoms with Crippen molar-refractivity contribution in [3.05, 3.63) is 54.6 Å². The Bertz CT molecular complexity index is 848. The summed E-state index contributed by atoms with van der Waals surface area (Å²) in [7, 11) is 0. The van der Waals surface area contributed by atoms with Crippen LogP contribution in [0.5, 0.6) is 11.5 Å². The number of nitrogens with zero attached hydrogens (tertiary/aromatic N) is 1. The highest BCUT2D eigenvalue weighted by Gasteiger charge is 2.29. The van der Waals surface area contributed by atoms with Crippen LogP contribution in [0.4, 0.5) is 14.5 Å². The summed E-state index contributed by atoms with van der Waals surface area (Å²) in [4.78, 5) is 26.8. The Kier molecular flexibility index (Phi) is 7.59. The van der Waals surface area contributed by atoms with E-state index in [1.807, 2.05) is 30.3 Å². The number of likely N-dealkylation sites (tertiary alicyclic amines) is 1. The van der Waals surface area contributed by atoms with Crippen LogP contribution in [0.1, 0.15) is 19.3 Å². The molecule has 1 aliphatic rings. The zero-order valence-corrected chi connectivity index (χ0v) is 16.4. The SMILES string of the molecule is O=C(Nc1ccccc1OC(F)F)C1CCCN(C(=O)CCOc2ccccc2)C1. The van der Waals surface area contributed by atoms with Crippen molar-refractivity contribution in [1.82, 2.24) is 4.90 Å². The first-order valence-electron chi connectivity index (χ1n) is 9.83. The van der Waals surface area contributed by atoms with Gasteiger partial charge in [0.25, 0.3) is 0 Å². The zero-order valence-electron chi connectivity index (χ0n) is 16.4. The van der Waals surface area contributed by atoms with Crippen molar-refractivity contribution in [2.75, 3.05) is 25.0 Å². The van der Waals surface area contributed by atoms with Gasteiger partial charge in [-0.15, -0.1) is 0 Å². The maximum Gasteiger partial charge on any atom is 0.387 e. The van der Waals surface area contributed by atoms with Crippen LogP contribution in [0.2, 0.25) is 0 Å². The molecular formula is C22H24F2N2O4. The van der Waals surface area contributed by atoms with Gasteiger partial charge in [-0.2, -0.15) is 8.78 Å². The smallest absolute Gasteiger partial charge is 0.387 e. The maximum atomic E-state index is 12.7. The van der Waals surface area contributed by atoms with Crippen molar-refractivity contribution in [1.29, 1.82) is 0 Å². The summed E-state index contributed by atoms with van der Waals surface area (Å²) in [6, 6.07) is 15.3. The third kappa shape index (κ3) is 6.17. The minimum Gasteiger partial charge on any atom is -0.493 e. The summed E-state index contributed by atoms with van der Waals surface area (Å²) in [5.74, 6) is -0.214. The van der Waals surface area contributed by atoms with Gasteiger partial charge in [0, 0.05) is 13.1 Å². The number of hydrogen-bond donors (Lipinski definition) is 1. The van der Waals surface area contributed by atoms with E-state index in [0.29, 0.717) is 25.1 Å². The van der Waals surface area contributed by atoms with Crippen LogP contribution in [0.15, 0.2) is 54.6 Å². The van der Waals surface area contributed by atoms with Crippen molar-refractivity contribution < 1.29 is 27.8 Å². The van der Waals surface area contributed by atoms with Crippen LogP contribution in [0.25, 0.3) is 0 Å². The van der Waals surface area contributed by atoms with Crippen molar-refractivity contribution in [3.63, 3.8) is 0 Å². The van der Waals surface area contributed by atoms with Crippen LogP contribution in [-0.4, -0.2) is 43.0 Å². The second-order valence-corrected chi connectivity index (χ2v) is 6.95. The lowest BCUT2D eigenvalue weighted by atomic mass is 9.96. The van der Waals surface area contributed by atoms with Crippen LogP contribution < -0.4 is 14.8 Å². The Morgan fingerprint density at radius 1 is 1.10 bits per heavy atom. The van der Waals surface area contributed by atoms with Crippen LogP contribution >= 0.6 is 0 Å². The summed E-state index contributed by atoms with van der Waals surface area (Å²) in [6.07, 6.45) is 1.53. The Morgan fingerprint density at radius 2 is 1.83 bits per heavy atom. The van der Waals surface area contributed by atoms with Gasteiger partial charge in [-0.05, 0) is 37.1 Å². The standard InChI is InChI=1S/C22H24F2N2O4/c23-22(24)30-19-11-5-4-10-18(19)25-21(28)16-7-6-13-26(15-16)20(27)12-14-29-17-8-2-1-3-9-17/h1-5,8-11,16,22H,6-7,12-15H2,(H,25,28). The van der Waals surface area contributed by atoms with Crippen molar-refractivity contribution in [3.8, 4) is 11.5 Å². The molecule has 2 aromatic carbocycles. The van der Waals surface area contributed by atoms with Gasteiger partial charge in [-0.1, -0.05) is 30.3 Å². The van der Waals surface area contributed by atoms with Gasteiger partial charge in [-0.25, -0.2) is 0 Å². The zero-order chi connectivity index (χ0) is 21.3. The molecule has 1 unspecified atom stereocenters. The minimum atomic E-state index is -2.98. The first kappa shape index (κ1) is 21.5. The lowest BCUT2D eigenvalue weighted by Gasteiger charge is -2.32. The van der Waals surface area contributed by atoms with Gasteiger partial charge in [0.15, 0.2) is 0 Å². The molecule has 2 amide bonds. The van der Waals surface area contributed by atoms with Gasteiger partial charge < -0.3 is 19.7 Å². The number of alkyl halides is 2. The van der Waals surface area contributed by atoms with Crippen LogP contribution in [0.3, 0.4) is 0 Å². The van der Waals surface area contributed by atoms with Crippen molar-refractivity contribution in [2.24, 2.45) is 5.92 Å². The average molecular weight is 418 g/mol. The number of carbonyl (C=O) groups is 2. The fraction of sp³-hybridized carbons (Fsp3) is 0.364. The number of carbonyl (C=O) groups excluding carboxylic acids is 2. The predicted octanol–water partition coefficient (Wildman–Crippen LogP) is 3.93. The van der Waals surface area contributed by atoms with Crippen molar-refractivity contribution >= 4 is 17.5 Å². The lowest BCUT2D eigenvalue weighted by Crippen LogP contribution is -2.44. The molecule has 0 spiro atoms. The molecule has 1 fully saturated rings. The second-order valence-electron chi connectivity index (χ2n) is 6.95. The third-order valence-electron chi connectivity index (χ3n) is 4.83. The van der Waals surface area contributed by atoms with E-state index in [2.05, 4.69) is 10.1 Å². The second kappa shape index (κ2) is 10.6. The van der Waals surface area contributed by atoms with Crippen LogP contribution in [0, 0.1) is 5.92 Å². The van der Waals surface area contributed by atoms with E-state index in [1.165, 1.54) is 12.1 Å². The molecule has 2 aromatic rings. The van der Waals surface area contributed by atoms with E-state index >= 15 is 0 Å². The molecule has 0 aliphatic carbocycles. The fourth-order valence-electron chi connectivity index (χ4n) is 3.35. The topological polar surface area (TPSA) is 67.9 Å². The van der Waals surface area contributed by atoms with Crippen molar-refractivity contribution in [2.45, 2.75) is 25.9 Å². The number of halogens is 2. The molecule has 160 valence electrons. The number of hydrogen-bond acceptors (Lipinski definition) is 4. The molecule has 8 heteroatoms. The molecule has 30 heavy (non-hydrogen) atoms. The molecule has 1 aliphatic heterocycles. The monoisotopic (exact) mass is 418 g/mol. The van der Waals surface area contributed by atoms with E-state index in [0.717, 1.165) is 0 Å². The number of benzene rings is 2. The maximum absolute atomic E-state index is 12.7.